The Morgan fingerprint density at radius 1 is 1.33 bits per heavy atom. The number of rotatable bonds is 4. The zero-order chi connectivity index (χ0) is 15.6. The van der Waals surface area contributed by atoms with Crippen LogP contribution in [0, 0.1) is 10.1 Å². The molecule has 0 aromatic heterocycles. The number of nitrogens with one attached hydrogen (secondary N) is 1. The minimum absolute atomic E-state index is 0.0895. The average molecular weight is 372 g/mol. The molecule has 0 heterocycles. The molecule has 2 rings (SSSR count). The highest BCUT2D eigenvalue weighted by atomic mass is 79.9. The van der Waals surface area contributed by atoms with Gasteiger partial charge in [-0.3, -0.25) is 10.1 Å². The Balaban J connectivity index is 2.53. The molecule has 2 aromatic carbocycles. The Kier molecular flexibility index (Phi) is 4.44. The molecule has 0 fully saturated rings. The van der Waals surface area contributed by atoms with E-state index in [1.165, 1.54) is 24.3 Å². The van der Waals surface area contributed by atoms with Gasteiger partial charge in [-0.1, -0.05) is 17.7 Å². The van der Waals surface area contributed by atoms with Gasteiger partial charge in [0.2, 0.25) is 0 Å². The third-order valence-electron chi connectivity index (χ3n) is 2.66. The van der Waals surface area contributed by atoms with E-state index in [1.54, 1.807) is 12.1 Å². The predicted molar refractivity (Wildman–Crippen MR) is 82.5 cm³/mol. The van der Waals surface area contributed by atoms with Gasteiger partial charge in [-0.25, -0.2) is 4.79 Å². The third kappa shape index (κ3) is 3.32. The first-order chi connectivity index (χ1) is 9.90. The fourth-order valence-corrected chi connectivity index (χ4v) is 2.15. The molecule has 0 atom stereocenters. The summed E-state index contributed by atoms with van der Waals surface area (Å²) >= 11 is 9.18. The molecule has 2 N–H and O–H groups in total. The number of nitrogens with zero attached hydrogens (tertiary/aromatic N) is 1. The summed E-state index contributed by atoms with van der Waals surface area (Å²) in [5, 5.41) is 23.3. The first-order valence-electron chi connectivity index (χ1n) is 5.63. The van der Waals surface area contributed by atoms with Gasteiger partial charge in [0.25, 0.3) is 5.69 Å². The Morgan fingerprint density at radius 2 is 2.05 bits per heavy atom. The molecular weight excluding hydrogens is 364 g/mol. The molecule has 0 saturated carbocycles. The number of carboxylic acid groups (broad SMARTS) is 1. The Hall–Kier alpha value is -2.12. The van der Waals surface area contributed by atoms with Crippen molar-refractivity contribution in [1.82, 2.24) is 0 Å². The first kappa shape index (κ1) is 15.3. The minimum Gasteiger partial charge on any atom is -0.478 e. The summed E-state index contributed by atoms with van der Waals surface area (Å²) in [5.74, 6) is -1.26. The number of carbonyl (C=O) groups is 1. The molecule has 108 valence electrons. The molecule has 2 aromatic rings. The van der Waals surface area contributed by atoms with Gasteiger partial charge in [-0.15, -0.1) is 0 Å². The van der Waals surface area contributed by atoms with Gasteiger partial charge < -0.3 is 10.4 Å². The standard InChI is InChI=1S/C13H8BrClN2O4/c14-9-5-4-7(6-10(9)15)16-12-8(13(18)19)2-1-3-11(12)17(20)21/h1-6,16H,(H,18,19). The van der Waals surface area contributed by atoms with Crippen molar-refractivity contribution in [2.24, 2.45) is 0 Å². The highest BCUT2D eigenvalue weighted by Gasteiger charge is 2.21. The molecule has 0 amide bonds. The quantitative estimate of drug-likeness (QED) is 0.612. The highest BCUT2D eigenvalue weighted by Crippen LogP contribution is 2.33. The highest BCUT2D eigenvalue weighted by molar-refractivity contribution is 9.10. The van der Waals surface area contributed by atoms with Crippen molar-refractivity contribution in [2.75, 3.05) is 5.32 Å². The number of aromatic carboxylic acids is 1. The molecule has 0 spiro atoms. The maximum absolute atomic E-state index is 11.2. The van der Waals surface area contributed by atoms with Crippen molar-refractivity contribution < 1.29 is 14.8 Å². The smallest absolute Gasteiger partial charge is 0.338 e. The zero-order valence-electron chi connectivity index (χ0n) is 10.3. The molecule has 6 nitrogen and oxygen atoms in total. The molecular formula is C13H8BrClN2O4. The third-order valence-corrected chi connectivity index (χ3v) is 3.89. The van der Waals surface area contributed by atoms with E-state index in [-0.39, 0.29) is 16.9 Å². The molecule has 0 aliphatic rings. The van der Waals surface area contributed by atoms with Crippen LogP contribution in [0.5, 0.6) is 0 Å². The number of nitro groups is 1. The van der Waals surface area contributed by atoms with Crippen LogP contribution in [-0.4, -0.2) is 16.0 Å². The number of anilines is 2. The first-order valence-corrected chi connectivity index (χ1v) is 6.80. The van der Waals surface area contributed by atoms with Crippen LogP contribution >= 0.6 is 27.5 Å². The summed E-state index contributed by atoms with van der Waals surface area (Å²) in [6.07, 6.45) is 0. The average Bonchev–Trinajstić information content (AvgIpc) is 2.42. The molecule has 0 bridgehead atoms. The summed E-state index contributed by atoms with van der Waals surface area (Å²) in [4.78, 5) is 21.6. The lowest BCUT2D eigenvalue weighted by Gasteiger charge is -2.10. The van der Waals surface area contributed by atoms with Crippen molar-refractivity contribution in [3.63, 3.8) is 0 Å². The topological polar surface area (TPSA) is 92.5 Å². The fourth-order valence-electron chi connectivity index (χ4n) is 1.72. The van der Waals surface area contributed by atoms with E-state index < -0.39 is 10.9 Å². The number of halogens is 2. The maximum Gasteiger partial charge on any atom is 0.338 e. The second-order valence-electron chi connectivity index (χ2n) is 4.02. The van der Waals surface area contributed by atoms with Crippen molar-refractivity contribution in [3.05, 3.63) is 61.6 Å². The van der Waals surface area contributed by atoms with E-state index in [0.717, 1.165) is 0 Å². The van der Waals surface area contributed by atoms with Crippen molar-refractivity contribution in [1.29, 1.82) is 0 Å². The summed E-state index contributed by atoms with van der Waals surface area (Å²) in [6, 6.07) is 8.65. The van der Waals surface area contributed by atoms with E-state index in [2.05, 4.69) is 21.2 Å². The van der Waals surface area contributed by atoms with E-state index in [1.807, 2.05) is 0 Å². The van der Waals surface area contributed by atoms with Crippen molar-refractivity contribution in [3.8, 4) is 0 Å². The molecule has 8 heteroatoms. The monoisotopic (exact) mass is 370 g/mol. The fraction of sp³-hybridized carbons (Fsp3) is 0. The molecule has 0 saturated heterocycles. The molecule has 0 aliphatic carbocycles. The predicted octanol–water partition coefficient (Wildman–Crippen LogP) is 4.45. The number of hydrogen-bond acceptors (Lipinski definition) is 4. The van der Waals surface area contributed by atoms with Crippen LogP contribution in [-0.2, 0) is 0 Å². The summed E-state index contributed by atoms with van der Waals surface area (Å²) in [5.41, 5.74) is -0.162. The summed E-state index contributed by atoms with van der Waals surface area (Å²) < 4.78 is 0.663. The lowest BCUT2D eigenvalue weighted by atomic mass is 10.1. The van der Waals surface area contributed by atoms with Crippen LogP contribution in [0.3, 0.4) is 0 Å². The normalized spacial score (nSPS) is 10.2. The lowest BCUT2D eigenvalue weighted by molar-refractivity contribution is -0.383. The van der Waals surface area contributed by atoms with Gasteiger partial charge in [-0.2, -0.15) is 0 Å². The van der Waals surface area contributed by atoms with Crippen molar-refractivity contribution >= 4 is 50.6 Å². The van der Waals surface area contributed by atoms with E-state index in [9.17, 15) is 14.9 Å². The zero-order valence-corrected chi connectivity index (χ0v) is 12.7. The molecule has 0 radical (unpaired) electrons. The number of benzene rings is 2. The number of hydrogen-bond donors (Lipinski definition) is 2. The van der Waals surface area contributed by atoms with Crippen LogP contribution in [0.25, 0.3) is 0 Å². The van der Waals surface area contributed by atoms with Gasteiger partial charge in [0.15, 0.2) is 0 Å². The number of para-hydroxylation sites is 1. The summed E-state index contributed by atoms with van der Waals surface area (Å²) in [6.45, 7) is 0. The minimum atomic E-state index is -1.26. The largest absolute Gasteiger partial charge is 0.478 e. The van der Waals surface area contributed by atoms with E-state index in [0.29, 0.717) is 15.2 Å². The Labute approximate surface area is 132 Å². The summed E-state index contributed by atoms with van der Waals surface area (Å²) in [7, 11) is 0. The number of nitro benzene ring substituents is 1. The Bertz CT molecular complexity index is 704. The van der Waals surface area contributed by atoms with Crippen LogP contribution in [0.2, 0.25) is 5.02 Å². The molecule has 0 aliphatic heterocycles. The van der Waals surface area contributed by atoms with Crippen LogP contribution in [0.1, 0.15) is 10.4 Å². The number of carboxylic acids is 1. The molecule has 21 heavy (non-hydrogen) atoms. The Morgan fingerprint density at radius 3 is 2.62 bits per heavy atom. The van der Waals surface area contributed by atoms with Gasteiger partial charge >= 0.3 is 5.97 Å². The van der Waals surface area contributed by atoms with E-state index >= 15 is 0 Å². The van der Waals surface area contributed by atoms with Gasteiger partial charge in [-0.05, 0) is 40.2 Å². The van der Waals surface area contributed by atoms with Crippen molar-refractivity contribution in [2.45, 2.75) is 0 Å². The van der Waals surface area contributed by atoms with E-state index in [4.69, 9.17) is 16.7 Å². The SMILES string of the molecule is O=C(O)c1cccc([N+](=O)[O-])c1Nc1ccc(Br)c(Cl)c1. The maximum atomic E-state index is 11.2. The van der Waals surface area contributed by atoms with Gasteiger partial charge in [0.05, 0.1) is 15.5 Å². The van der Waals surface area contributed by atoms with Crippen LogP contribution in [0.4, 0.5) is 17.1 Å². The van der Waals surface area contributed by atoms with Gasteiger partial charge in [0, 0.05) is 16.2 Å². The second-order valence-corrected chi connectivity index (χ2v) is 5.28. The second kappa shape index (κ2) is 6.11. The molecule has 0 unspecified atom stereocenters. The lowest BCUT2D eigenvalue weighted by Crippen LogP contribution is -2.05. The van der Waals surface area contributed by atoms with Crippen LogP contribution < -0.4 is 5.32 Å². The van der Waals surface area contributed by atoms with Gasteiger partial charge in [0.1, 0.15) is 5.69 Å². The van der Waals surface area contributed by atoms with Crippen LogP contribution in [0.15, 0.2) is 40.9 Å².